The monoisotopic (exact) mass is 420 g/mol. The van der Waals surface area contributed by atoms with Gasteiger partial charge in [0, 0.05) is 16.5 Å². The van der Waals surface area contributed by atoms with Gasteiger partial charge in [-0.15, -0.1) is 0 Å². The van der Waals surface area contributed by atoms with Gasteiger partial charge in [0.1, 0.15) is 23.0 Å². The number of ether oxygens (including phenoxy) is 1. The Morgan fingerprint density at radius 1 is 1.00 bits per heavy atom. The summed E-state index contributed by atoms with van der Waals surface area (Å²) in [5.41, 5.74) is 8.34. The minimum Gasteiger partial charge on any atom is -0.440 e. The van der Waals surface area contributed by atoms with E-state index in [1.165, 1.54) is 0 Å². The summed E-state index contributed by atoms with van der Waals surface area (Å²) in [6, 6.07) is 22.1. The van der Waals surface area contributed by atoms with Gasteiger partial charge in [0.25, 0.3) is 0 Å². The Morgan fingerprint density at radius 2 is 1.81 bits per heavy atom. The van der Waals surface area contributed by atoms with Crippen LogP contribution in [0, 0.1) is 23.2 Å². The first kappa shape index (κ1) is 20.2. The molecule has 1 aliphatic heterocycles. The van der Waals surface area contributed by atoms with Crippen LogP contribution in [0.3, 0.4) is 0 Å². The maximum absolute atomic E-state index is 10.7. The van der Waals surface area contributed by atoms with Gasteiger partial charge in [-0.3, -0.25) is 0 Å². The van der Waals surface area contributed by atoms with Crippen molar-refractivity contribution in [3.8, 4) is 23.7 Å². The second kappa shape index (κ2) is 8.08. The van der Waals surface area contributed by atoms with Crippen molar-refractivity contribution >= 4 is 10.8 Å². The molecule has 158 valence electrons. The molecule has 3 aromatic carbocycles. The van der Waals surface area contributed by atoms with Crippen LogP contribution >= 0.6 is 0 Å². The number of nitrogens with zero attached hydrogens (tertiary/aromatic N) is 1. The number of hydrogen-bond donors (Lipinski definition) is 2. The quantitative estimate of drug-likeness (QED) is 0.537. The lowest BCUT2D eigenvalue weighted by Gasteiger charge is -2.27. The molecule has 1 fully saturated rings. The molecule has 1 atom stereocenters. The van der Waals surface area contributed by atoms with Crippen LogP contribution in [0.25, 0.3) is 10.8 Å². The Hall–Kier alpha value is -3.73. The second-order valence-corrected chi connectivity index (χ2v) is 8.60. The molecular weight excluding hydrogens is 396 g/mol. The highest BCUT2D eigenvalue weighted by atomic mass is 16.5. The van der Waals surface area contributed by atoms with Crippen molar-refractivity contribution in [3.63, 3.8) is 0 Å². The van der Waals surface area contributed by atoms with Gasteiger partial charge in [0.05, 0.1) is 5.92 Å². The van der Waals surface area contributed by atoms with Crippen molar-refractivity contribution in [1.82, 2.24) is 0 Å². The fourth-order valence-electron chi connectivity index (χ4n) is 4.78. The van der Waals surface area contributed by atoms with E-state index in [2.05, 4.69) is 17.9 Å². The van der Waals surface area contributed by atoms with Gasteiger partial charge in [-0.25, -0.2) is 0 Å². The molecule has 0 saturated heterocycles. The summed E-state index contributed by atoms with van der Waals surface area (Å²) < 4.78 is 5.94. The maximum Gasteiger partial charge on any atom is 0.205 e. The number of nitrogens with two attached hydrogens (primary N) is 1. The summed E-state index contributed by atoms with van der Waals surface area (Å²) in [4.78, 5) is 0. The first-order valence-electron chi connectivity index (χ1n) is 11.0. The molecule has 3 N–H and O–H groups in total. The molecule has 0 radical (unpaired) electrons. The molecule has 1 heterocycles. The Morgan fingerprint density at radius 3 is 2.62 bits per heavy atom. The predicted molar refractivity (Wildman–Crippen MR) is 125 cm³/mol. The molecule has 0 bridgehead atoms. The third kappa shape index (κ3) is 3.60. The molecular formula is C28H24N2O2. The minimum atomic E-state index is -0.902. The fraction of sp³-hybridized carbons (Fsp3) is 0.250. The summed E-state index contributed by atoms with van der Waals surface area (Å²) in [6.45, 7) is 0. The molecule has 0 amide bonds. The van der Waals surface area contributed by atoms with Crippen LogP contribution in [-0.4, -0.2) is 10.7 Å². The second-order valence-electron chi connectivity index (χ2n) is 8.60. The van der Waals surface area contributed by atoms with Crippen molar-refractivity contribution in [3.05, 3.63) is 88.8 Å². The zero-order chi connectivity index (χ0) is 22.1. The first-order valence-corrected chi connectivity index (χ1v) is 11.0. The number of hydrogen-bond acceptors (Lipinski definition) is 4. The van der Waals surface area contributed by atoms with E-state index >= 15 is 0 Å². The van der Waals surface area contributed by atoms with Gasteiger partial charge < -0.3 is 15.6 Å². The van der Waals surface area contributed by atoms with Crippen LogP contribution < -0.4 is 10.5 Å². The number of allylic oxidation sites excluding steroid dienone is 1. The number of fused-ring (bicyclic) bond motifs is 3. The minimum absolute atomic E-state index is 0.134. The number of nitriles is 1. The van der Waals surface area contributed by atoms with E-state index in [1.807, 2.05) is 60.7 Å². The lowest BCUT2D eigenvalue weighted by molar-refractivity contribution is 0.0610. The summed E-state index contributed by atoms with van der Waals surface area (Å²) in [7, 11) is 0. The van der Waals surface area contributed by atoms with Gasteiger partial charge in [0.2, 0.25) is 5.88 Å². The van der Waals surface area contributed by atoms with Crippen molar-refractivity contribution in [2.75, 3.05) is 0 Å². The molecule has 4 nitrogen and oxygen atoms in total. The Balaban J connectivity index is 1.60. The first-order chi connectivity index (χ1) is 15.6. The van der Waals surface area contributed by atoms with E-state index in [9.17, 15) is 10.4 Å². The largest absolute Gasteiger partial charge is 0.440 e. The van der Waals surface area contributed by atoms with Crippen LogP contribution in [0.15, 0.2) is 72.1 Å². The van der Waals surface area contributed by atoms with Crippen LogP contribution in [-0.2, 0) is 0 Å². The molecule has 1 saturated carbocycles. The van der Waals surface area contributed by atoms with Crippen molar-refractivity contribution in [1.29, 1.82) is 5.26 Å². The number of aliphatic hydroxyl groups is 1. The Bertz CT molecular complexity index is 1330. The normalized spacial score (nSPS) is 19.3. The standard InChI is InChI=1S/C28H24N2O2/c29-18-24-25(23-12-11-20-8-2-3-10-22(20)26(23)32-27(24)30)21-9-6-7-19(17-21)13-16-28(31)14-4-1-5-15-28/h2-3,6-12,17,25,31H,1,4-5,14-15,30H2. The average Bonchev–Trinajstić information content (AvgIpc) is 2.82. The van der Waals surface area contributed by atoms with Crippen LogP contribution in [0.4, 0.5) is 0 Å². The van der Waals surface area contributed by atoms with Crippen LogP contribution in [0.2, 0.25) is 0 Å². The molecule has 5 rings (SSSR count). The number of benzene rings is 3. The average molecular weight is 421 g/mol. The molecule has 32 heavy (non-hydrogen) atoms. The van der Waals surface area contributed by atoms with Gasteiger partial charge >= 0.3 is 0 Å². The van der Waals surface area contributed by atoms with Crippen LogP contribution in [0.5, 0.6) is 5.75 Å². The third-order valence-corrected chi connectivity index (χ3v) is 6.45. The highest BCUT2D eigenvalue weighted by molar-refractivity contribution is 5.90. The summed E-state index contributed by atoms with van der Waals surface area (Å²) in [6.07, 6.45) is 4.61. The van der Waals surface area contributed by atoms with Crippen LogP contribution in [0.1, 0.15) is 54.7 Å². The van der Waals surface area contributed by atoms with E-state index in [0.717, 1.165) is 59.6 Å². The smallest absolute Gasteiger partial charge is 0.205 e. The van der Waals surface area contributed by atoms with Gasteiger partial charge in [-0.2, -0.15) is 5.26 Å². The van der Waals surface area contributed by atoms with Gasteiger partial charge in [0.15, 0.2) is 0 Å². The molecule has 3 aromatic rings. The summed E-state index contributed by atoms with van der Waals surface area (Å²) in [5.74, 6) is 6.76. The molecule has 1 unspecified atom stereocenters. The van der Waals surface area contributed by atoms with E-state index < -0.39 is 5.60 Å². The lowest BCUT2D eigenvalue weighted by Crippen LogP contribution is -2.29. The van der Waals surface area contributed by atoms with E-state index in [-0.39, 0.29) is 11.8 Å². The van der Waals surface area contributed by atoms with E-state index in [0.29, 0.717) is 11.3 Å². The Kier molecular flexibility index (Phi) is 5.10. The SMILES string of the molecule is N#CC1=C(N)Oc2c(ccc3ccccc23)C1c1cccc(C#CC2(O)CCCCC2)c1. The molecule has 4 heteroatoms. The maximum atomic E-state index is 10.7. The molecule has 1 aliphatic carbocycles. The molecule has 0 aromatic heterocycles. The van der Waals surface area contributed by atoms with E-state index in [4.69, 9.17) is 10.5 Å². The summed E-state index contributed by atoms with van der Waals surface area (Å²) >= 11 is 0. The topological polar surface area (TPSA) is 79.3 Å². The zero-order valence-electron chi connectivity index (χ0n) is 17.8. The predicted octanol–water partition coefficient (Wildman–Crippen LogP) is 5.10. The lowest BCUT2D eigenvalue weighted by atomic mass is 9.82. The zero-order valence-corrected chi connectivity index (χ0v) is 17.8. The highest BCUT2D eigenvalue weighted by Gasteiger charge is 2.32. The number of rotatable bonds is 1. The van der Waals surface area contributed by atoms with Crippen molar-refractivity contribution in [2.45, 2.75) is 43.6 Å². The van der Waals surface area contributed by atoms with Crippen molar-refractivity contribution in [2.24, 2.45) is 5.73 Å². The van der Waals surface area contributed by atoms with Gasteiger partial charge in [-0.05, 0) is 48.8 Å². The molecule has 2 aliphatic rings. The molecule has 0 spiro atoms. The Labute approximate surface area is 187 Å². The fourth-order valence-corrected chi connectivity index (χ4v) is 4.78. The highest BCUT2D eigenvalue weighted by Crippen LogP contribution is 2.45. The van der Waals surface area contributed by atoms with E-state index in [1.54, 1.807) is 0 Å². The van der Waals surface area contributed by atoms with Crippen molar-refractivity contribution < 1.29 is 9.84 Å². The third-order valence-electron chi connectivity index (χ3n) is 6.45. The van der Waals surface area contributed by atoms with Gasteiger partial charge in [-0.1, -0.05) is 66.8 Å². The summed E-state index contributed by atoms with van der Waals surface area (Å²) in [5, 5.41) is 22.6.